The average Bonchev–Trinajstić information content (AvgIpc) is 3.13. The van der Waals surface area contributed by atoms with Crippen molar-refractivity contribution in [2.24, 2.45) is 5.14 Å². The fourth-order valence-electron chi connectivity index (χ4n) is 4.29. The molecule has 2 aromatic carbocycles. The van der Waals surface area contributed by atoms with Crippen LogP contribution in [-0.2, 0) is 27.8 Å². The minimum Gasteiger partial charge on any atom is -0.348 e. The third kappa shape index (κ3) is 5.26. The van der Waals surface area contributed by atoms with E-state index in [0.29, 0.717) is 10.7 Å². The van der Waals surface area contributed by atoms with Gasteiger partial charge in [0.2, 0.25) is 15.9 Å². The van der Waals surface area contributed by atoms with Crippen LogP contribution in [0.2, 0.25) is 0 Å². The highest BCUT2D eigenvalue weighted by atomic mass is 32.2. The van der Waals surface area contributed by atoms with Crippen LogP contribution in [0, 0.1) is 0 Å². The van der Waals surface area contributed by atoms with E-state index in [4.69, 9.17) is 5.14 Å². The van der Waals surface area contributed by atoms with Gasteiger partial charge in [-0.2, -0.15) is 0 Å². The normalized spacial score (nSPS) is 17.0. The molecule has 0 aliphatic heterocycles. The minimum absolute atomic E-state index is 0.0268. The maximum Gasteiger partial charge on any atom is 0.238 e. The van der Waals surface area contributed by atoms with Crippen LogP contribution in [0.15, 0.2) is 52.5 Å². The number of nitrogens with zero attached hydrogens (tertiary/aromatic N) is 2. The van der Waals surface area contributed by atoms with E-state index in [1.807, 2.05) is 19.1 Å². The van der Waals surface area contributed by atoms with Crippen LogP contribution in [-0.4, -0.2) is 29.1 Å². The third-order valence-corrected chi connectivity index (χ3v) is 8.09. The number of imidazole rings is 1. The third-order valence-electron chi connectivity index (χ3n) is 6.09. The summed E-state index contributed by atoms with van der Waals surface area (Å²) >= 11 is 1.40. The second kappa shape index (κ2) is 9.87. The number of thioether (sulfide) groups is 1. The quantitative estimate of drug-likeness (QED) is 0.465. The summed E-state index contributed by atoms with van der Waals surface area (Å²) in [6, 6.07) is 13.1. The van der Waals surface area contributed by atoms with Crippen molar-refractivity contribution < 1.29 is 13.2 Å². The predicted octanol–water partition coefficient (Wildman–Crippen LogP) is 4.16. The number of rotatable bonds is 8. The molecule has 1 heterocycles. The Morgan fingerprint density at radius 2 is 2.09 bits per heavy atom. The first-order valence-corrected chi connectivity index (χ1v) is 13.8. The molecular weight excluding hydrogens is 456 g/mol. The molecule has 1 aliphatic rings. The summed E-state index contributed by atoms with van der Waals surface area (Å²) in [6.45, 7) is 4.74. The van der Waals surface area contributed by atoms with Gasteiger partial charge in [0.1, 0.15) is 0 Å². The van der Waals surface area contributed by atoms with E-state index in [1.54, 1.807) is 6.07 Å². The molecule has 0 fully saturated rings. The molecule has 176 valence electrons. The molecule has 0 unspecified atom stereocenters. The van der Waals surface area contributed by atoms with Crippen molar-refractivity contribution in [3.8, 4) is 0 Å². The molecule has 0 bridgehead atoms. The second-order valence-corrected chi connectivity index (χ2v) is 11.4. The van der Waals surface area contributed by atoms with E-state index in [-0.39, 0.29) is 22.1 Å². The molecule has 1 aliphatic carbocycles. The molecule has 0 saturated heterocycles. The summed E-state index contributed by atoms with van der Waals surface area (Å²) in [5.41, 5.74) is 3.92. The standard InChI is InChI=1S/C24H30N4O3S2/c1-3-4-14-28-22-13-12-18(33(25,30)31)15-21(22)27-24(28)32-16(2)23(29)26-20-11-7-9-17-8-5-6-10-19(17)20/h5-6,8,10,12-13,15-16,20H,3-4,7,9,11,14H2,1-2H3,(H,26,29)(H2,25,30,31)/t16-,20+/m1/s1. The molecule has 7 nitrogen and oxygen atoms in total. The van der Waals surface area contributed by atoms with Gasteiger partial charge in [0.15, 0.2) is 5.16 Å². The van der Waals surface area contributed by atoms with E-state index in [0.717, 1.165) is 44.2 Å². The van der Waals surface area contributed by atoms with E-state index in [1.165, 1.54) is 35.0 Å². The number of aromatic nitrogens is 2. The molecule has 3 aromatic rings. The lowest BCUT2D eigenvalue weighted by atomic mass is 9.88. The van der Waals surface area contributed by atoms with Crippen molar-refractivity contribution in [3.05, 3.63) is 53.6 Å². The number of aryl methyl sites for hydroxylation is 2. The van der Waals surface area contributed by atoms with Gasteiger partial charge in [-0.25, -0.2) is 18.5 Å². The first kappa shape index (κ1) is 23.8. The molecule has 9 heteroatoms. The Morgan fingerprint density at radius 3 is 2.85 bits per heavy atom. The number of sulfonamides is 1. The molecule has 3 N–H and O–H groups in total. The first-order chi connectivity index (χ1) is 15.8. The molecule has 2 atom stereocenters. The van der Waals surface area contributed by atoms with Crippen molar-refractivity contribution >= 4 is 38.7 Å². The van der Waals surface area contributed by atoms with Gasteiger partial charge in [-0.3, -0.25) is 4.79 Å². The van der Waals surface area contributed by atoms with E-state index in [9.17, 15) is 13.2 Å². The van der Waals surface area contributed by atoms with Crippen molar-refractivity contribution in [2.45, 2.75) is 73.8 Å². The van der Waals surface area contributed by atoms with Crippen LogP contribution in [0.4, 0.5) is 0 Å². The summed E-state index contributed by atoms with van der Waals surface area (Å²) in [4.78, 5) is 17.8. The number of primary sulfonamides is 1. The fraction of sp³-hybridized carbons (Fsp3) is 0.417. The predicted molar refractivity (Wildman–Crippen MR) is 132 cm³/mol. The molecule has 1 amide bonds. The highest BCUT2D eigenvalue weighted by molar-refractivity contribution is 8.00. The Bertz CT molecular complexity index is 1270. The Labute approximate surface area is 199 Å². The maximum absolute atomic E-state index is 13.1. The average molecular weight is 487 g/mol. The molecule has 0 spiro atoms. The van der Waals surface area contributed by atoms with Gasteiger partial charge in [-0.05, 0) is 61.9 Å². The van der Waals surface area contributed by atoms with Crippen LogP contribution in [0.1, 0.15) is 56.7 Å². The van der Waals surface area contributed by atoms with Crippen LogP contribution >= 0.6 is 11.8 Å². The van der Waals surface area contributed by atoms with Crippen LogP contribution in [0.5, 0.6) is 0 Å². The summed E-state index contributed by atoms with van der Waals surface area (Å²) in [6.07, 6.45) is 5.01. The number of hydrogen-bond donors (Lipinski definition) is 2. The topological polar surface area (TPSA) is 107 Å². The molecule has 1 aromatic heterocycles. The SMILES string of the molecule is CCCCn1c(S[C@H](C)C(=O)N[C@H]2CCCc3ccccc32)nc2cc(S(N)(=O)=O)ccc21. The largest absolute Gasteiger partial charge is 0.348 e. The number of carbonyl (C=O) groups is 1. The van der Waals surface area contributed by atoms with Gasteiger partial charge >= 0.3 is 0 Å². The highest BCUT2D eigenvalue weighted by Gasteiger charge is 2.25. The number of fused-ring (bicyclic) bond motifs is 2. The zero-order valence-electron chi connectivity index (χ0n) is 19.0. The van der Waals surface area contributed by atoms with Gasteiger partial charge in [0.05, 0.1) is 27.2 Å². The fourth-order valence-corrected chi connectivity index (χ4v) is 5.78. The molecule has 4 rings (SSSR count). The zero-order chi connectivity index (χ0) is 23.6. The van der Waals surface area contributed by atoms with Crippen molar-refractivity contribution in [2.75, 3.05) is 0 Å². The van der Waals surface area contributed by atoms with Gasteiger partial charge < -0.3 is 9.88 Å². The number of benzene rings is 2. The molecule has 33 heavy (non-hydrogen) atoms. The van der Waals surface area contributed by atoms with Crippen molar-refractivity contribution in [3.63, 3.8) is 0 Å². The Morgan fingerprint density at radius 1 is 1.30 bits per heavy atom. The van der Waals surface area contributed by atoms with Gasteiger partial charge in [0, 0.05) is 6.54 Å². The number of nitrogens with one attached hydrogen (secondary N) is 1. The lowest BCUT2D eigenvalue weighted by Crippen LogP contribution is -2.36. The number of nitrogens with two attached hydrogens (primary N) is 1. The Hall–Kier alpha value is -2.36. The van der Waals surface area contributed by atoms with Crippen molar-refractivity contribution in [1.82, 2.24) is 14.9 Å². The summed E-state index contributed by atoms with van der Waals surface area (Å²) in [5, 5.41) is 8.88. The van der Waals surface area contributed by atoms with E-state index < -0.39 is 10.0 Å². The Kier molecular flexibility index (Phi) is 7.11. The van der Waals surface area contributed by atoms with E-state index in [2.05, 4.69) is 33.9 Å². The highest BCUT2D eigenvalue weighted by Crippen LogP contribution is 2.32. The first-order valence-electron chi connectivity index (χ1n) is 11.4. The van der Waals surface area contributed by atoms with Crippen LogP contribution in [0.25, 0.3) is 11.0 Å². The lowest BCUT2D eigenvalue weighted by Gasteiger charge is -2.27. The van der Waals surface area contributed by atoms with E-state index >= 15 is 0 Å². The Balaban J connectivity index is 1.56. The molecule has 0 saturated carbocycles. The second-order valence-electron chi connectivity index (χ2n) is 8.51. The van der Waals surface area contributed by atoms with Gasteiger partial charge in [0.25, 0.3) is 0 Å². The summed E-state index contributed by atoms with van der Waals surface area (Å²) < 4.78 is 25.6. The van der Waals surface area contributed by atoms with Gasteiger partial charge in [-0.1, -0.05) is 49.4 Å². The van der Waals surface area contributed by atoms with Gasteiger partial charge in [-0.15, -0.1) is 0 Å². The monoisotopic (exact) mass is 486 g/mol. The van der Waals surface area contributed by atoms with Crippen LogP contribution in [0.3, 0.4) is 0 Å². The van der Waals surface area contributed by atoms with Crippen molar-refractivity contribution in [1.29, 1.82) is 0 Å². The summed E-state index contributed by atoms with van der Waals surface area (Å²) in [7, 11) is -3.81. The smallest absolute Gasteiger partial charge is 0.238 e. The maximum atomic E-state index is 13.1. The lowest BCUT2D eigenvalue weighted by molar-refractivity contribution is -0.121. The van der Waals surface area contributed by atoms with Crippen LogP contribution < -0.4 is 10.5 Å². The number of carbonyl (C=O) groups excluding carboxylic acids is 1. The number of unbranched alkanes of at least 4 members (excludes halogenated alkanes) is 1. The number of amides is 1. The molecular formula is C24H30N4O3S2. The zero-order valence-corrected chi connectivity index (χ0v) is 20.6. The minimum atomic E-state index is -3.81. The molecule has 0 radical (unpaired) electrons. The number of hydrogen-bond acceptors (Lipinski definition) is 5. The summed E-state index contributed by atoms with van der Waals surface area (Å²) in [5.74, 6) is -0.0268.